The second-order valence-corrected chi connectivity index (χ2v) is 10.7. The first-order valence-electron chi connectivity index (χ1n) is 13.8. The number of benzene rings is 2. The van der Waals surface area contributed by atoms with Gasteiger partial charge in [0, 0.05) is 36.1 Å². The highest BCUT2D eigenvalue weighted by Crippen LogP contribution is 2.33. The molecule has 3 aromatic rings. The lowest BCUT2D eigenvalue weighted by Crippen LogP contribution is -2.36. The zero-order valence-corrected chi connectivity index (χ0v) is 24.0. The average molecular weight is 590 g/mol. The summed E-state index contributed by atoms with van der Waals surface area (Å²) < 4.78 is 16.5. The number of nitrogens with one attached hydrogen (secondary N) is 1. The maximum atomic E-state index is 12.9. The van der Waals surface area contributed by atoms with Crippen molar-refractivity contribution in [2.24, 2.45) is 0 Å². The van der Waals surface area contributed by atoms with Gasteiger partial charge in [0.05, 0.1) is 30.3 Å². The minimum absolute atomic E-state index is 0.161. The third-order valence-corrected chi connectivity index (χ3v) is 7.65. The first kappa shape index (κ1) is 29.2. The molecule has 3 amide bonds. The number of unbranched alkanes of at least 4 members (excludes halogenated alkanes) is 1. The van der Waals surface area contributed by atoms with Gasteiger partial charge in [0.2, 0.25) is 5.91 Å². The van der Waals surface area contributed by atoms with E-state index in [0.29, 0.717) is 42.6 Å². The minimum Gasteiger partial charge on any atom is -0.462 e. The monoisotopic (exact) mass is 589 g/mol. The molecule has 2 aliphatic heterocycles. The lowest BCUT2D eigenvalue weighted by atomic mass is 10.1. The van der Waals surface area contributed by atoms with E-state index in [9.17, 15) is 19.2 Å². The van der Waals surface area contributed by atoms with Crippen LogP contribution >= 0.6 is 11.8 Å². The molecule has 0 spiro atoms. The topological polar surface area (TPSA) is 118 Å². The summed E-state index contributed by atoms with van der Waals surface area (Å²) in [5, 5.41) is 2.21. The molecule has 42 heavy (non-hydrogen) atoms. The van der Waals surface area contributed by atoms with Gasteiger partial charge in [0.15, 0.2) is 0 Å². The Morgan fingerprint density at radius 2 is 1.74 bits per heavy atom. The Morgan fingerprint density at radius 1 is 1.00 bits per heavy atom. The molecule has 1 aromatic heterocycles. The van der Waals surface area contributed by atoms with E-state index in [1.807, 2.05) is 19.1 Å². The number of amides is 3. The van der Waals surface area contributed by atoms with Gasteiger partial charge in [0.1, 0.15) is 18.1 Å². The lowest BCUT2D eigenvalue weighted by Gasteiger charge is -2.28. The van der Waals surface area contributed by atoms with Gasteiger partial charge in [0.25, 0.3) is 11.1 Å². The van der Waals surface area contributed by atoms with Crippen molar-refractivity contribution in [3.05, 3.63) is 76.9 Å². The summed E-state index contributed by atoms with van der Waals surface area (Å²) in [6.45, 7) is 4.99. The third kappa shape index (κ3) is 7.10. The van der Waals surface area contributed by atoms with Crippen LogP contribution in [0.5, 0.6) is 0 Å². The van der Waals surface area contributed by atoms with Gasteiger partial charge < -0.3 is 24.1 Å². The van der Waals surface area contributed by atoms with E-state index in [-0.39, 0.29) is 10.9 Å². The second-order valence-electron chi connectivity index (χ2n) is 9.73. The number of nitrogens with zero attached hydrogens (tertiary/aromatic N) is 2. The highest BCUT2D eigenvalue weighted by Gasteiger charge is 2.36. The Morgan fingerprint density at radius 3 is 2.45 bits per heavy atom. The van der Waals surface area contributed by atoms with Gasteiger partial charge in [-0.2, -0.15) is 0 Å². The lowest BCUT2D eigenvalue weighted by molar-refractivity contribution is -0.127. The van der Waals surface area contributed by atoms with Crippen LogP contribution in [0.2, 0.25) is 0 Å². The van der Waals surface area contributed by atoms with Crippen molar-refractivity contribution in [3.8, 4) is 11.3 Å². The number of imide groups is 1. The number of furan rings is 1. The molecule has 1 N–H and O–H groups in total. The van der Waals surface area contributed by atoms with Crippen molar-refractivity contribution in [1.29, 1.82) is 0 Å². The summed E-state index contributed by atoms with van der Waals surface area (Å²) in [6, 6.07) is 17.7. The third-order valence-electron chi connectivity index (χ3n) is 6.74. The summed E-state index contributed by atoms with van der Waals surface area (Å²) in [4.78, 5) is 53.5. The number of thioether (sulfide) groups is 1. The molecule has 2 fully saturated rings. The smallest absolute Gasteiger partial charge is 0.338 e. The molecular weight excluding hydrogens is 558 g/mol. The second kappa shape index (κ2) is 13.5. The predicted molar refractivity (Wildman–Crippen MR) is 160 cm³/mol. The van der Waals surface area contributed by atoms with Crippen LogP contribution < -0.4 is 10.2 Å². The van der Waals surface area contributed by atoms with E-state index in [2.05, 4.69) is 10.2 Å². The van der Waals surface area contributed by atoms with Crippen LogP contribution in [0.25, 0.3) is 17.4 Å². The van der Waals surface area contributed by atoms with Crippen LogP contribution in [-0.2, 0) is 19.1 Å². The predicted octanol–water partition coefficient (Wildman–Crippen LogP) is 5.42. The van der Waals surface area contributed by atoms with E-state index in [1.54, 1.807) is 48.5 Å². The summed E-state index contributed by atoms with van der Waals surface area (Å²) >= 11 is 0.752. The van der Waals surface area contributed by atoms with Crippen LogP contribution in [0.1, 0.15) is 35.9 Å². The van der Waals surface area contributed by atoms with Crippen molar-refractivity contribution in [2.75, 3.05) is 49.7 Å². The van der Waals surface area contributed by atoms with Crippen LogP contribution in [0.15, 0.2) is 70.0 Å². The van der Waals surface area contributed by atoms with E-state index < -0.39 is 23.6 Å². The molecule has 0 aliphatic carbocycles. The van der Waals surface area contributed by atoms with Gasteiger partial charge in [-0.15, -0.1) is 0 Å². The maximum absolute atomic E-state index is 12.9. The van der Waals surface area contributed by atoms with Crippen molar-refractivity contribution in [1.82, 2.24) is 4.90 Å². The summed E-state index contributed by atoms with van der Waals surface area (Å²) in [5.41, 5.74) is 2.80. The van der Waals surface area contributed by atoms with Gasteiger partial charge >= 0.3 is 5.97 Å². The molecule has 0 saturated carbocycles. The summed E-state index contributed by atoms with van der Waals surface area (Å²) in [5.74, 6) is -0.502. The molecule has 0 unspecified atom stereocenters. The number of rotatable bonds is 10. The summed E-state index contributed by atoms with van der Waals surface area (Å²) in [7, 11) is 0. The SMILES string of the molecule is CCCCOC(=O)c1ccc(-c2ccc(/C=C3/SC(=O)N(CC(=O)Nc4ccc(N5CCOCC5)cc4)C3=O)o2)cc1. The van der Waals surface area contributed by atoms with Crippen LogP contribution in [-0.4, -0.2) is 67.4 Å². The van der Waals surface area contributed by atoms with E-state index in [0.717, 1.165) is 53.8 Å². The number of anilines is 2. The van der Waals surface area contributed by atoms with Gasteiger partial charge in [-0.05, 0) is 66.7 Å². The summed E-state index contributed by atoms with van der Waals surface area (Å²) in [6.07, 6.45) is 3.24. The Hall–Kier alpha value is -4.35. The maximum Gasteiger partial charge on any atom is 0.338 e. The first-order valence-corrected chi connectivity index (χ1v) is 14.6. The molecule has 0 radical (unpaired) electrons. The molecule has 3 heterocycles. The van der Waals surface area contributed by atoms with Crippen molar-refractivity contribution < 1.29 is 33.1 Å². The van der Waals surface area contributed by atoms with E-state index in [4.69, 9.17) is 13.9 Å². The molecule has 5 rings (SSSR count). The Balaban J connectivity index is 1.17. The average Bonchev–Trinajstić information content (AvgIpc) is 3.58. The van der Waals surface area contributed by atoms with E-state index >= 15 is 0 Å². The number of esters is 1. The van der Waals surface area contributed by atoms with Gasteiger partial charge in [-0.3, -0.25) is 19.3 Å². The quantitative estimate of drug-likeness (QED) is 0.188. The first-order chi connectivity index (χ1) is 20.4. The van der Waals surface area contributed by atoms with Crippen molar-refractivity contribution in [2.45, 2.75) is 19.8 Å². The van der Waals surface area contributed by atoms with Crippen molar-refractivity contribution in [3.63, 3.8) is 0 Å². The molecule has 2 aliphatic rings. The molecule has 0 bridgehead atoms. The number of hydrogen-bond acceptors (Lipinski definition) is 9. The largest absolute Gasteiger partial charge is 0.462 e. The number of carbonyl (C=O) groups is 4. The Kier molecular flexibility index (Phi) is 9.40. The number of ether oxygens (including phenoxy) is 2. The minimum atomic E-state index is -0.563. The van der Waals surface area contributed by atoms with Crippen LogP contribution in [0, 0.1) is 0 Å². The zero-order chi connectivity index (χ0) is 29.5. The van der Waals surface area contributed by atoms with Gasteiger partial charge in [-0.25, -0.2) is 4.79 Å². The van der Waals surface area contributed by atoms with Gasteiger partial charge in [-0.1, -0.05) is 25.5 Å². The molecule has 2 aromatic carbocycles. The number of hydrogen-bond donors (Lipinski definition) is 1. The fraction of sp³-hybridized carbons (Fsp3) is 0.290. The highest BCUT2D eigenvalue weighted by atomic mass is 32.2. The molecule has 11 heteroatoms. The number of morpholine rings is 1. The van der Waals surface area contributed by atoms with Crippen molar-refractivity contribution >= 4 is 52.2 Å². The standard InChI is InChI=1S/C31H31N3O7S/c1-2-3-16-40-30(37)22-6-4-21(5-7-22)26-13-12-25(41-26)19-27-29(36)34(31(38)42-27)20-28(35)32-23-8-10-24(11-9-23)33-14-17-39-18-15-33/h4-13,19H,2-3,14-18,20H2,1H3,(H,32,35)/b27-19+. The zero-order valence-electron chi connectivity index (χ0n) is 23.2. The molecular formula is C31H31N3O7S. The number of carbonyl (C=O) groups excluding carboxylic acids is 4. The fourth-order valence-electron chi connectivity index (χ4n) is 4.44. The normalized spacial score (nSPS) is 16.3. The molecule has 10 nitrogen and oxygen atoms in total. The Bertz CT molecular complexity index is 1470. The van der Waals surface area contributed by atoms with Crippen LogP contribution in [0.4, 0.5) is 16.2 Å². The van der Waals surface area contributed by atoms with E-state index in [1.165, 1.54) is 6.08 Å². The highest BCUT2D eigenvalue weighted by molar-refractivity contribution is 8.18. The molecule has 218 valence electrons. The fourth-order valence-corrected chi connectivity index (χ4v) is 5.25. The van der Waals surface area contributed by atoms with Crippen LogP contribution in [0.3, 0.4) is 0 Å². The molecule has 2 saturated heterocycles. The Labute approximate surface area is 247 Å². The molecule has 0 atom stereocenters.